The van der Waals surface area contributed by atoms with Crippen molar-refractivity contribution in [2.24, 2.45) is 0 Å². The minimum absolute atomic E-state index is 0.223. The number of hydrogen-bond donors (Lipinski definition) is 1. The SMILES string of the molecule is O=C(NCc1ccccc1COCc1ccccc1)c1ccc(F)cc1I. The molecule has 0 fully saturated rings. The van der Waals surface area contributed by atoms with E-state index < -0.39 is 0 Å². The van der Waals surface area contributed by atoms with Crippen LogP contribution in [0.15, 0.2) is 72.8 Å². The second kappa shape index (κ2) is 9.62. The van der Waals surface area contributed by atoms with Crippen LogP contribution in [-0.4, -0.2) is 5.91 Å². The lowest BCUT2D eigenvalue weighted by molar-refractivity contribution is 0.0946. The van der Waals surface area contributed by atoms with E-state index in [0.717, 1.165) is 16.7 Å². The molecule has 0 aliphatic rings. The van der Waals surface area contributed by atoms with Gasteiger partial charge in [-0.15, -0.1) is 0 Å². The Kier molecular flexibility index (Phi) is 6.95. The first kappa shape index (κ1) is 19.5. The van der Waals surface area contributed by atoms with E-state index in [-0.39, 0.29) is 11.7 Å². The van der Waals surface area contributed by atoms with Gasteiger partial charge in [-0.3, -0.25) is 4.79 Å². The van der Waals surface area contributed by atoms with E-state index in [1.807, 2.05) is 77.2 Å². The summed E-state index contributed by atoms with van der Waals surface area (Å²) in [5.74, 6) is -0.573. The monoisotopic (exact) mass is 475 g/mol. The number of benzene rings is 3. The number of hydrogen-bond acceptors (Lipinski definition) is 2. The zero-order chi connectivity index (χ0) is 19.1. The van der Waals surface area contributed by atoms with E-state index in [1.54, 1.807) is 0 Å². The van der Waals surface area contributed by atoms with Crippen LogP contribution >= 0.6 is 22.6 Å². The number of halogens is 2. The fourth-order valence-corrected chi connectivity index (χ4v) is 3.39. The van der Waals surface area contributed by atoms with Gasteiger partial charge in [0.05, 0.1) is 18.8 Å². The molecule has 0 radical (unpaired) electrons. The lowest BCUT2D eigenvalue weighted by Crippen LogP contribution is -2.24. The Balaban J connectivity index is 1.59. The van der Waals surface area contributed by atoms with Crippen LogP contribution in [0.1, 0.15) is 27.0 Å². The van der Waals surface area contributed by atoms with Gasteiger partial charge in [-0.05, 0) is 57.5 Å². The normalized spacial score (nSPS) is 10.6. The first-order valence-corrected chi connectivity index (χ1v) is 9.63. The van der Waals surface area contributed by atoms with Crippen molar-refractivity contribution >= 4 is 28.5 Å². The van der Waals surface area contributed by atoms with Crippen LogP contribution in [-0.2, 0) is 24.5 Å². The molecular weight excluding hydrogens is 456 g/mol. The van der Waals surface area contributed by atoms with Gasteiger partial charge in [0.1, 0.15) is 5.82 Å². The Bertz CT molecular complexity index is 915. The first-order chi connectivity index (χ1) is 13.1. The number of carbonyl (C=O) groups is 1. The number of amides is 1. The van der Waals surface area contributed by atoms with Crippen LogP contribution in [0.2, 0.25) is 0 Å². The van der Waals surface area contributed by atoms with Crippen molar-refractivity contribution in [3.05, 3.63) is 104 Å². The van der Waals surface area contributed by atoms with Crippen LogP contribution in [0, 0.1) is 9.39 Å². The molecule has 3 nitrogen and oxygen atoms in total. The molecule has 1 N–H and O–H groups in total. The van der Waals surface area contributed by atoms with Crippen LogP contribution in [0.4, 0.5) is 4.39 Å². The molecule has 0 saturated heterocycles. The van der Waals surface area contributed by atoms with Gasteiger partial charge >= 0.3 is 0 Å². The van der Waals surface area contributed by atoms with Crippen LogP contribution in [0.5, 0.6) is 0 Å². The van der Waals surface area contributed by atoms with Crippen molar-refractivity contribution in [2.75, 3.05) is 0 Å². The third-order valence-corrected chi connectivity index (χ3v) is 5.00. The highest BCUT2D eigenvalue weighted by Crippen LogP contribution is 2.15. The Morgan fingerprint density at radius 3 is 2.37 bits per heavy atom. The topological polar surface area (TPSA) is 38.3 Å². The Labute approximate surface area is 171 Å². The molecular formula is C22H19FINO2. The first-order valence-electron chi connectivity index (χ1n) is 8.55. The second-order valence-electron chi connectivity index (χ2n) is 6.05. The molecule has 0 aliphatic carbocycles. The van der Waals surface area contributed by atoms with Gasteiger partial charge in [-0.25, -0.2) is 4.39 Å². The van der Waals surface area contributed by atoms with Gasteiger partial charge in [-0.1, -0.05) is 54.6 Å². The third-order valence-electron chi connectivity index (χ3n) is 4.10. The number of ether oxygens (including phenoxy) is 1. The van der Waals surface area contributed by atoms with Gasteiger partial charge in [0.15, 0.2) is 0 Å². The predicted molar refractivity (Wildman–Crippen MR) is 112 cm³/mol. The highest BCUT2D eigenvalue weighted by atomic mass is 127. The van der Waals surface area contributed by atoms with Crippen molar-refractivity contribution in [1.29, 1.82) is 0 Å². The molecule has 0 atom stereocenters. The summed E-state index contributed by atoms with van der Waals surface area (Å²) in [6, 6.07) is 22.0. The molecule has 0 aromatic heterocycles. The number of nitrogens with one attached hydrogen (secondary N) is 1. The lowest BCUT2D eigenvalue weighted by Gasteiger charge is -2.12. The number of rotatable bonds is 7. The van der Waals surface area contributed by atoms with E-state index in [1.165, 1.54) is 18.2 Å². The molecule has 3 aromatic rings. The smallest absolute Gasteiger partial charge is 0.252 e. The van der Waals surface area contributed by atoms with E-state index >= 15 is 0 Å². The van der Waals surface area contributed by atoms with Crippen molar-refractivity contribution < 1.29 is 13.9 Å². The van der Waals surface area contributed by atoms with Gasteiger partial charge < -0.3 is 10.1 Å². The van der Waals surface area contributed by atoms with Crippen molar-refractivity contribution in [2.45, 2.75) is 19.8 Å². The molecule has 0 bridgehead atoms. The molecule has 138 valence electrons. The minimum Gasteiger partial charge on any atom is -0.372 e. The summed E-state index contributed by atoms with van der Waals surface area (Å²) in [5.41, 5.74) is 3.61. The lowest BCUT2D eigenvalue weighted by atomic mass is 10.1. The molecule has 0 heterocycles. The molecule has 1 amide bonds. The van der Waals surface area contributed by atoms with E-state index in [0.29, 0.717) is 28.9 Å². The standard InChI is InChI=1S/C22H19FINO2/c23-19-10-11-20(21(24)12-19)22(26)25-13-17-8-4-5-9-18(17)15-27-14-16-6-2-1-3-7-16/h1-12H,13-15H2,(H,25,26). The molecule has 3 rings (SSSR count). The van der Waals surface area contributed by atoms with Crippen LogP contribution < -0.4 is 5.32 Å². The number of carbonyl (C=O) groups excluding carboxylic acids is 1. The summed E-state index contributed by atoms with van der Waals surface area (Å²) < 4.78 is 19.6. The molecule has 5 heteroatoms. The zero-order valence-corrected chi connectivity index (χ0v) is 16.8. The van der Waals surface area contributed by atoms with Gasteiger partial charge in [0, 0.05) is 10.1 Å². The molecule has 0 spiro atoms. The second-order valence-corrected chi connectivity index (χ2v) is 7.22. The summed E-state index contributed by atoms with van der Waals surface area (Å²) >= 11 is 1.97. The average molecular weight is 475 g/mol. The van der Waals surface area contributed by atoms with E-state index in [9.17, 15) is 9.18 Å². The van der Waals surface area contributed by atoms with Crippen molar-refractivity contribution in [1.82, 2.24) is 5.32 Å². The van der Waals surface area contributed by atoms with Crippen molar-refractivity contribution in [3.63, 3.8) is 0 Å². The molecule has 0 unspecified atom stereocenters. The average Bonchev–Trinajstić information content (AvgIpc) is 2.68. The minimum atomic E-state index is -0.350. The maximum Gasteiger partial charge on any atom is 0.252 e. The van der Waals surface area contributed by atoms with Gasteiger partial charge in [0.25, 0.3) is 5.91 Å². The summed E-state index contributed by atoms with van der Waals surface area (Å²) in [6.07, 6.45) is 0. The van der Waals surface area contributed by atoms with E-state index in [2.05, 4.69) is 5.32 Å². The predicted octanol–water partition coefficient (Wildman–Crippen LogP) is 5.08. The Hall–Kier alpha value is -2.25. The molecule has 3 aromatic carbocycles. The maximum atomic E-state index is 13.2. The van der Waals surface area contributed by atoms with Gasteiger partial charge in [0.2, 0.25) is 0 Å². The zero-order valence-electron chi connectivity index (χ0n) is 14.6. The fourth-order valence-electron chi connectivity index (χ4n) is 2.67. The third kappa shape index (κ3) is 5.61. The highest BCUT2D eigenvalue weighted by molar-refractivity contribution is 14.1. The Morgan fingerprint density at radius 1 is 0.926 bits per heavy atom. The molecule has 0 saturated carbocycles. The largest absolute Gasteiger partial charge is 0.372 e. The van der Waals surface area contributed by atoms with E-state index in [4.69, 9.17) is 4.74 Å². The van der Waals surface area contributed by atoms with Crippen LogP contribution in [0.3, 0.4) is 0 Å². The summed E-state index contributed by atoms with van der Waals surface area (Å²) in [5, 5.41) is 2.90. The van der Waals surface area contributed by atoms with Gasteiger partial charge in [-0.2, -0.15) is 0 Å². The summed E-state index contributed by atoms with van der Waals surface area (Å²) in [4.78, 5) is 12.4. The summed E-state index contributed by atoms with van der Waals surface area (Å²) in [7, 11) is 0. The van der Waals surface area contributed by atoms with Crippen molar-refractivity contribution in [3.8, 4) is 0 Å². The fraction of sp³-hybridized carbons (Fsp3) is 0.136. The van der Waals surface area contributed by atoms with Crippen LogP contribution in [0.25, 0.3) is 0 Å². The quantitative estimate of drug-likeness (QED) is 0.485. The Morgan fingerprint density at radius 2 is 1.63 bits per heavy atom. The molecule has 0 aliphatic heterocycles. The summed E-state index contributed by atoms with van der Waals surface area (Å²) in [6.45, 7) is 1.39. The maximum absolute atomic E-state index is 13.2. The highest BCUT2D eigenvalue weighted by Gasteiger charge is 2.11. The molecule has 27 heavy (non-hydrogen) atoms.